The summed E-state index contributed by atoms with van der Waals surface area (Å²) >= 11 is 0. The Morgan fingerprint density at radius 1 is 1.50 bits per heavy atom. The van der Waals surface area contributed by atoms with Crippen molar-refractivity contribution in [3.05, 3.63) is 11.5 Å². The summed E-state index contributed by atoms with van der Waals surface area (Å²) in [6.07, 6.45) is 5.26. The molecule has 1 aromatic heterocycles. The number of hydrogen-bond acceptors (Lipinski definition) is 2. The van der Waals surface area contributed by atoms with Crippen molar-refractivity contribution < 1.29 is 0 Å². The number of nitrogens with two attached hydrogens (primary N) is 1. The number of terminal acetylenes is 1. The molecule has 1 aromatic rings. The second-order valence-electron chi connectivity index (χ2n) is 4.43. The van der Waals surface area contributed by atoms with Crippen molar-refractivity contribution in [2.75, 3.05) is 5.73 Å². The number of imidazole rings is 1. The van der Waals surface area contributed by atoms with Gasteiger partial charge in [-0.2, -0.15) is 0 Å². The lowest BCUT2D eigenvalue weighted by Crippen LogP contribution is -2.15. The molecule has 14 heavy (non-hydrogen) atoms. The van der Waals surface area contributed by atoms with E-state index in [4.69, 9.17) is 12.2 Å². The molecule has 0 fully saturated rings. The highest BCUT2D eigenvalue weighted by Gasteiger charge is 2.22. The molecule has 0 radical (unpaired) electrons. The van der Waals surface area contributed by atoms with Crippen molar-refractivity contribution in [1.82, 2.24) is 9.55 Å². The van der Waals surface area contributed by atoms with Gasteiger partial charge in [0.05, 0.1) is 12.2 Å². The summed E-state index contributed by atoms with van der Waals surface area (Å²) in [5.74, 6) is 4.14. The Labute approximate surface area is 85.3 Å². The first-order valence-electron chi connectivity index (χ1n) is 4.64. The SMILES string of the molecule is C#CCn1c(C)nc(C(C)(C)C)c1N. The first-order valence-corrected chi connectivity index (χ1v) is 4.64. The second kappa shape index (κ2) is 3.38. The Bertz CT molecular complexity index is 374. The number of aryl methyl sites for hydroxylation is 1. The fraction of sp³-hybridized carbons (Fsp3) is 0.545. The Hall–Kier alpha value is -1.43. The smallest absolute Gasteiger partial charge is 0.128 e. The summed E-state index contributed by atoms with van der Waals surface area (Å²) in [4.78, 5) is 4.44. The molecule has 0 aliphatic carbocycles. The predicted molar refractivity (Wildman–Crippen MR) is 58.9 cm³/mol. The van der Waals surface area contributed by atoms with Crippen LogP contribution in [0.15, 0.2) is 0 Å². The molecule has 76 valence electrons. The normalized spacial score (nSPS) is 11.4. The van der Waals surface area contributed by atoms with Crippen molar-refractivity contribution in [1.29, 1.82) is 0 Å². The standard InChI is InChI=1S/C11H17N3/c1-6-7-14-8(2)13-9(10(14)12)11(3,4)5/h1H,7,12H2,2-5H3. The molecule has 0 atom stereocenters. The van der Waals surface area contributed by atoms with Gasteiger partial charge in [0.15, 0.2) is 0 Å². The molecule has 0 aliphatic rings. The maximum Gasteiger partial charge on any atom is 0.128 e. The molecule has 3 heteroatoms. The van der Waals surface area contributed by atoms with Crippen molar-refractivity contribution >= 4 is 5.82 Å². The van der Waals surface area contributed by atoms with Gasteiger partial charge in [-0.15, -0.1) is 6.42 Å². The van der Waals surface area contributed by atoms with Crippen LogP contribution in [0.25, 0.3) is 0 Å². The lowest BCUT2D eigenvalue weighted by atomic mass is 9.92. The predicted octanol–water partition coefficient (Wildman–Crippen LogP) is 1.70. The van der Waals surface area contributed by atoms with Crippen LogP contribution in [0.5, 0.6) is 0 Å². The highest BCUT2D eigenvalue weighted by Crippen LogP contribution is 2.27. The van der Waals surface area contributed by atoms with E-state index in [-0.39, 0.29) is 5.41 Å². The van der Waals surface area contributed by atoms with E-state index in [1.807, 2.05) is 11.5 Å². The average molecular weight is 191 g/mol. The quantitative estimate of drug-likeness (QED) is 0.687. The Kier molecular flexibility index (Phi) is 2.57. The third-order valence-corrected chi connectivity index (χ3v) is 2.16. The van der Waals surface area contributed by atoms with Crippen LogP contribution in [-0.2, 0) is 12.0 Å². The molecule has 0 amide bonds. The maximum absolute atomic E-state index is 5.98. The average Bonchev–Trinajstić information content (AvgIpc) is 2.31. The number of hydrogen-bond donors (Lipinski definition) is 1. The molecular formula is C11H17N3. The van der Waals surface area contributed by atoms with Gasteiger partial charge < -0.3 is 10.3 Å². The summed E-state index contributed by atoms with van der Waals surface area (Å²) in [6.45, 7) is 8.67. The lowest BCUT2D eigenvalue weighted by Gasteiger charge is -2.16. The minimum Gasteiger partial charge on any atom is -0.383 e. The number of nitrogens with zero attached hydrogens (tertiary/aromatic N) is 2. The molecule has 0 aromatic carbocycles. The van der Waals surface area contributed by atoms with Gasteiger partial charge in [0.25, 0.3) is 0 Å². The first kappa shape index (κ1) is 10.6. The van der Waals surface area contributed by atoms with Crippen LogP contribution in [0, 0.1) is 19.3 Å². The van der Waals surface area contributed by atoms with E-state index in [9.17, 15) is 0 Å². The fourth-order valence-corrected chi connectivity index (χ4v) is 1.42. The highest BCUT2D eigenvalue weighted by molar-refractivity contribution is 5.42. The van der Waals surface area contributed by atoms with Crippen molar-refractivity contribution in [2.45, 2.75) is 39.7 Å². The summed E-state index contributed by atoms with van der Waals surface area (Å²) in [6, 6.07) is 0. The Morgan fingerprint density at radius 3 is 2.43 bits per heavy atom. The second-order valence-corrected chi connectivity index (χ2v) is 4.43. The van der Waals surface area contributed by atoms with Gasteiger partial charge in [0, 0.05) is 5.41 Å². The molecule has 3 nitrogen and oxygen atoms in total. The van der Waals surface area contributed by atoms with Crippen molar-refractivity contribution in [3.63, 3.8) is 0 Å². The molecular weight excluding hydrogens is 174 g/mol. The zero-order valence-electron chi connectivity index (χ0n) is 9.26. The minimum absolute atomic E-state index is 0.0330. The Balaban J connectivity index is 3.25. The zero-order valence-corrected chi connectivity index (χ0v) is 9.26. The van der Waals surface area contributed by atoms with Crippen molar-refractivity contribution in [2.24, 2.45) is 0 Å². The van der Waals surface area contributed by atoms with E-state index < -0.39 is 0 Å². The van der Waals surface area contributed by atoms with E-state index in [1.165, 1.54) is 0 Å². The zero-order chi connectivity index (χ0) is 10.9. The number of anilines is 1. The summed E-state index contributed by atoms with van der Waals surface area (Å²) in [7, 11) is 0. The first-order chi connectivity index (χ1) is 6.38. The molecule has 2 N–H and O–H groups in total. The molecule has 0 saturated carbocycles. The van der Waals surface area contributed by atoms with Gasteiger partial charge in [-0.1, -0.05) is 26.7 Å². The molecule has 0 saturated heterocycles. The van der Waals surface area contributed by atoms with E-state index in [1.54, 1.807) is 0 Å². The summed E-state index contributed by atoms with van der Waals surface area (Å²) in [5.41, 5.74) is 6.87. The summed E-state index contributed by atoms with van der Waals surface area (Å²) in [5, 5.41) is 0. The topological polar surface area (TPSA) is 43.8 Å². The van der Waals surface area contributed by atoms with E-state index in [0.717, 1.165) is 11.5 Å². The largest absolute Gasteiger partial charge is 0.383 e. The third-order valence-electron chi connectivity index (χ3n) is 2.16. The minimum atomic E-state index is -0.0330. The Morgan fingerprint density at radius 2 is 2.07 bits per heavy atom. The maximum atomic E-state index is 5.98. The van der Waals surface area contributed by atoms with Crippen molar-refractivity contribution in [3.8, 4) is 12.3 Å². The van der Waals surface area contributed by atoms with Crippen LogP contribution in [0.1, 0.15) is 32.3 Å². The van der Waals surface area contributed by atoms with Crippen LogP contribution in [0.4, 0.5) is 5.82 Å². The number of rotatable bonds is 1. The number of aromatic nitrogens is 2. The highest BCUT2D eigenvalue weighted by atomic mass is 15.1. The van der Waals surface area contributed by atoms with E-state index in [2.05, 4.69) is 31.7 Å². The van der Waals surface area contributed by atoms with Crippen LogP contribution in [-0.4, -0.2) is 9.55 Å². The number of nitrogen functional groups attached to an aromatic ring is 1. The van der Waals surface area contributed by atoms with Crippen LogP contribution >= 0.6 is 0 Å². The van der Waals surface area contributed by atoms with Crippen LogP contribution < -0.4 is 5.73 Å². The van der Waals surface area contributed by atoms with E-state index in [0.29, 0.717) is 12.4 Å². The third kappa shape index (κ3) is 1.74. The van der Waals surface area contributed by atoms with E-state index >= 15 is 0 Å². The van der Waals surface area contributed by atoms with Gasteiger partial charge in [0.1, 0.15) is 11.6 Å². The van der Waals surface area contributed by atoms with Gasteiger partial charge in [-0.05, 0) is 6.92 Å². The van der Waals surface area contributed by atoms with Gasteiger partial charge in [-0.3, -0.25) is 0 Å². The molecule has 1 heterocycles. The van der Waals surface area contributed by atoms with Crippen LogP contribution in [0.2, 0.25) is 0 Å². The molecule has 0 unspecified atom stereocenters. The van der Waals surface area contributed by atoms with Gasteiger partial charge >= 0.3 is 0 Å². The fourth-order valence-electron chi connectivity index (χ4n) is 1.42. The van der Waals surface area contributed by atoms with Gasteiger partial charge in [-0.25, -0.2) is 4.98 Å². The molecule has 0 aliphatic heterocycles. The summed E-state index contributed by atoms with van der Waals surface area (Å²) < 4.78 is 1.86. The molecule has 1 rings (SSSR count). The molecule has 0 spiro atoms. The van der Waals surface area contributed by atoms with Crippen LogP contribution in [0.3, 0.4) is 0 Å². The lowest BCUT2D eigenvalue weighted by molar-refractivity contribution is 0.573. The monoisotopic (exact) mass is 191 g/mol. The molecule has 0 bridgehead atoms. The van der Waals surface area contributed by atoms with Gasteiger partial charge in [0.2, 0.25) is 0 Å².